The van der Waals surface area contributed by atoms with Gasteiger partial charge in [-0.05, 0) is 81.3 Å². The predicted octanol–water partition coefficient (Wildman–Crippen LogP) is 5.05. The molecule has 4 aromatic rings. The van der Waals surface area contributed by atoms with Crippen LogP contribution in [0.2, 0.25) is 0 Å². The molecular weight excluding hydrogens is 494 g/mol. The summed E-state index contributed by atoms with van der Waals surface area (Å²) < 4.78 is 5.12. The Morgan fingerprint density at radius 3 is 2.59 bits per heavy atom. The molecular formula is C30H33N5O4. The number of esters is 1. The Morgan fingerprint density at radius 1 is 1.00 bits per heavy atom. The summed E-state index contributed by atoms with van der Waals surface area (Å²) in [6, 6.07) is 19.1. The molecule has 0 saturated carbocycles. The lowest BCUT2D eigenvalue weighted by Gasteiger charge is -2.16. The van der Waals surface area contributed by atoms with Gasteiger partial charge in [0.25, 0.3) is 5.91 Å². The first kappa shape index (κ1) is 27.5. The summed E-state index contributed by atoms with van der Waals surface area (Å²) in [5.41, 5.74) is 13.4. The van der Waals surface area contributed by atoms with Crippen LogP contribution < -0.4 is 16.5 Å². The number of hydroxylamine groups is 1. The van der Waals surface area contributed by atoms with Crippen molar-refractivity contribution in [3.05, 3.63) is 83.6 Å². The van der Waals surface area contributed by atoms with Crippen molar-refractivity contribution in [2.45, 2.75) is 34.2 Å². The highest BCUT2D eigenvalue weighted by Crippen LogP contribution is 2.26. The minimum absolute atomic E-state index is 0.0472. The second kappa shape index (κ2) is 11.9. The van der Waals surface area contributed by atoms with Gasteiger partial charge in [0.1, 0.15) is 19.0 Å². The number of pyridine rings is 2. The normalized spacial score (nSPS) is 11.3. The molecule has 0 fully saturated rings. The number of amides is 1. The largest absolute Gasteiger partial charge is 0.463 e. The molecule has 0 atom stereocenters. The summed E-state index contributed by atoms with van der Waals surface area (Å²) in [6.07, 6.45) is 1.78. The summed E-state index contributed by atoms with van der Waals surface area (Å²) in [5.74, 6) is -0.136. The Bertz CT molecular complexity index is 1500. The molecule has 2 heterocycles. The number of benzene rings is 2. The highest BCUT2D eigenvalue weighted by molar-refractivity contribution is 5.95. The van der Waals surface area contributed by atoms with Gasteiger partial charge in [-0.15, -0.1) is 0 Å². The van der Waals surface area contributed by atoms with Gasteiger partial charge in [0.2, 0.25) is 0 Å². The summed E-state index contributed by atoms with van der Waals surface area (Å²) in [4.78, 5) is 38.6. The number of anilines is 2. The maximum atomic E-state index is 12.6. The van der Waals surface area contributed by atoms with E-state index in [1.165, 1.54) is 0 Å². The molecule has 9 nitrogen and oxygen atoms in total. The van der Waals surface area contributed by atoms with Gasteiger partial charge >= 0.3 is 5.97 Å². The van der Waals surface area contributed by atoms with E-state index in [9.17, 15) is 9.59 Å². The fourth-order valence-corrected chi connectivity index (χ4v) is 3.83. The van der Waals surface area contributed by atoms with Crippen molar-refractivity contribution < 1.29 is 19.2 Å². The average molecular weight is 528 g/mol. The third-order valence-corrected chi connectivity index (χ3v) is 6.02. The zero-order valence-corrected chi connectivity index (χ0v) is 22.6. The van der Waals surface area contributed by atoms with Crippen LogP contribution in [0.25, 0.3) is 22.2 Å². The van der Waals surface area contributed by atoms with Crippen molar-refractivity contribution in [2.75, 3.05) is 24.3 Å². The molecule has 0 unspecified atom stereocenters. The van der Waals surface area contributed by atoms with Crippen molar-refractivity contribution >= 4 is 34.3 Å². The van der Waals surface area contributed by atoms with E-state index in [0.717, 1.165) is 33.3 Å². The van der Waals surface area contributed by atoms with E-state index >= 15 is 0 Å². The number of nitrogens with two attached hydrogens (primary N) is 1. The van der Waals surface area contributed by atoms with Crippen molar-refractivity contribution in [2.24, 2.45) is 5.41 Å². The van der Waals surface area contributed by atoms with Gasteiger partial charge in [0.15, 0.2) is 0 Å². The number of nitrogens with one attached hydrogen (secondary N) is 2. The van der Waals surface area contributed by atoms with Crippen molar-refractivity contribution in [3.8, 4) is 11.3 Å². The smallest absolute Gasteiger partial charge is 0.311 e. The molecule has 0 aliphatic rings. The number of fused-ring (bicyclic) bond motifs is 1. The summed E-state index contributed by atoms with van der Waals surface area (Å²) in [5, 5.41) is 4.40. The number of nitrogen functional groups attached to an aromatic ring is 1. The molecule has 0 saturated heterocycles. The van der Waals surface area contributed by atoms with E-state index in [1.807, 2.05) is 55.5 Å². The summed E-state index contributed by atoms with van der Waals surface area (Å²) >= 11 is 0. The average Bonchev–Trinajstić information content (AvgIpc) is 2.91. The van der Waals surface area contributed by atoms with Crippen LogP contribution in [0, 0.1) is 12.3 Å². The van der Waals surface area contributed by atoms with Crippen LogP contribution in [0.15, 0.2) is 66.9 Å². The quantitative estimate of drug-likeness (QED) is 0.157. The van der Waals surface area contributed by atoms with Crippen LogP contribution in [0.4, 0.5) is 11.5 Å². The minimum Gasteiger partial charge on any atom is -0.463 e. The molecule has 0 radical (unpaired) electrons. The molecule has 4 N–H and O–H groups in total. The first-order valence-electron chi connectivity index (χ1n) is 12.7. The fourth-order valence-electron chi connectivity index (χ4n) is 3.83. The molecule has 9 heteroatoms. The zero-order chi connectivity index (χ0) is 28.0. The molecule has 0 spiro atoms. The van der Waals surface area contributed by atoms with Crippen LogP contribution in [-0.4, -0.2) is 35.1 Å². The van der Waals surface area contributed by atoms with Crippen molar-refractivity contribution in [3.63, 3.8) is 0 Å². The van der Waals surface area contributed by atoms with Crippen LogP contribution >= 0.6 is 0 Å². The monoisotopic (exact) mass is 527 g/mol. The van der Waals surface area contributed by atoms with Gasteiger partial charge in [-0.3, -0.25) is 19.4 Å². The molecule has 39 heavy (non-hydrogen) atoms. The zero-order valence-electron chi connectivity index (χ0n) is 22.6. The van der Waals surface area contributed by atoms with E-state index in [0.29, 0.717) is 23.6 Å². The molecule has 0 aliphatic carbocycles. The molecule has 202 valence electrons. The maximum absolute atomic E-state index is 12.6. The lowest BCUT2D eigenvalue weighted by Crippen LogP contribution is -2.28. The molecule has 4 rings (SSSR count). The number of hydrogen-bond donors (Lipinski definition) is 3. The Kier molecular flexibility index (Phi) is 8.41. The number of nitrogens with zero attached hydrogens (tertiary/aromatic N) is 2. The summed E-state index contributed by atoms with van der Waals surface area (Å²) in [6.45, 7) is 7.80. The predicted molar refractivity (Wildman–Crippen MR) is 152 cm³/mol. The number of hydrogen-bond acceptors (Lipinski definition) is 8. The third kappa shape index (κ3) is 7.08. The minimum atomic E-state index is -0.590. The van der Waals surface area contributed by atoms with Gasteiger partial charge in [0.05, 0.1) is 22.3 Å². The Morgan fingerprint density at radius 2 is 1.82 bits per heavy atom. The third-order valence-electron chi connectivity index (χ3n) is 6.02. The molecule has 2 aromatic heterocycles. The second-order valence-corrected chi connectivity index (χ2v) is 10.2. The van der Waals surface area contributed by atoms with E-state index in [1.54, 1.807) is 33.0 Å². The van der Waals surface area contributed by atoms with Gasteiger partial charge in [0, 0.05) is 29.3 Å². The number of carbonyl (C=O) groups excluding carboxylic acids is 2. The first-order valence-corrected chi connectivity index (χ1v) is 12.7. The van der Waals surface area contributed by atoms with Gasteiger partial charge < -0.3 is 15.8 Å². The standard InChI is InChI=1S/C30H33N5O4/c1-19-16-22(8-9-23(19)28(36)35-39-15-14-38-29(37)30(2,3)4)26-12-10-24(31)27(34-26)33-18-20-7-11-25-21(17-20)6-5-13-32-25/h5-13,16-17H,14-15,18,31H2,1-4H3,(H,33,34)(H,35,36). The Balaban J connectivity index is 1.37. The van der Waals surface area contributed by atoms with E-state index in [-0.39, 0.29) is 25.1 Å². The Labute approximate surface area is 227 Å². The van der Waals surface area contributed by atoms with Gasteiger partial charge in [-0.2, -0.15) is 0 Å². The number of ether oxygens (including phenoxy) is 1. The molecule has 0 bridgehead atoms. The van der Waals surface area contributed by atoms with Crippen LogP contribution in [0.1, 0.15) is 42.3 Å². The lowest BCUT2D eigenvalue weighted by molar-refractivity contribution is -0.155. The SMILES string of the molecule is Cc1cc(-c2ccc(N)c(NCc3ccc4ncccc4c3)n2)ccc1C(=O)NOCCOC(=O)C(C)(C)C. The lowest BCUT2D eigenvalue weighted by atomic mass is 9.97. The van der Waals surface area contributed by atoms with Crippen LogP contribution in [0.3, 0.4) is 0 Å². The number of rotatable bonds is 9. The number of aromatic nitrogens is 2. The van der Waals surface area contributed by atoms with E-state index in [4.69, 9.17) is 20.3 Å². The summed E-state index contributed by atoms with van der Waals surface area (Å²) in [7, 11) is 0. The van der Waals surface area contributed by atoms with Gasteiger partial charge in [-0.25, -0.2) is 10.5 Å². The highest BCUT2D eigenvalue weighted by atomic mass is 16.7. The van der Waals surface area contributed by atoms with E-state index in [2.05, 4.69) is 21.8 Å². The fraction of sp³-hybridized carbons (Fsp3) is 0.267. The topological polar surface area (TPSA) is 128 Å². The second-order valence-electron chi connectivity index (χ2n) is 10.2. The molecule has 2 aromatic carbocycles. The Hall–Kier alpha value is -4.50. The van der Waals surface area contributed by atoms with Crippen molar-refractivity contribution in [1.82, 2.24) is 15.4 Å². The number of aryl methyl sites for hydroxylation is 1. The van der Waals surface area contributed by atoms with Gasteiger partial charge in [-0.1, -0.05) is 18.2 Å². The van der Waals surface area contributed by atoms with Crippen molar-refractivity contribution in [1.29, 1.82) is 0 Å². The van der Waals surface area contributed by atoms with E-state index < -0.39 is 5.41 Å². The van der Waals surface area contributed by atoms with Crippen LogP contribution in [-0.2, 0) is 20.9 Å². The molecule has 0 aliphatic heterocycles. The maximum Gasteiger partial charge on any atom is 0.311 e. The first-order chi connectivity index (χ1) is 18.6. The molecule has 1 amide bonds. The van der Waals surface area contributed by atoms with Crippen LogP contribution in [0.5, 0.6) is 0 Å². The number of carbonyl (C=O) groups is 2. The highest BCUT2D eigenvalue weighted by Gasteiger charge is 2.22.